The van der Waals surface area contributed by atoms with Crippen LogP contribution in [0.1, 0.15) is 23.7 Å². The predicted octanol–water partition coefficient (Wildman–Crippen LogP) is 2.13. The standard InChI is InChI=1S/C14H14N2O2/c1-2-8-16-14(18)12(10-17)9-13(15-16)11-6-4-3-5-7-11/h3-7,9-10H,2,8H2,1H3. The fourth-order valence-corrected chi connectivity index (χ4v) is 1.76. The summed E-state index contributed by atoms with van der Waals surface area (Å²) < 4.78 is 1.35. The third-order valence-electron chi connectivity index (χ3n) is 2.63. The van der Waals surface area contributed by atoms with E-state index in [1.807, 2.05) is 37.3 Å². The van der Waals surface area contributed by atoms with Crippen molar-refractivity contribution in [2.24, 2.45) is 0 Å². The molecule has 0 bridgehead atoms. The number of carbonyl (C=O) groups excluding carboxylic acids is 1. The summed E-state index contributed by atoms with van der Waals surface area (Å²) in [5.74, 6) is 0. The van der Waals surface area contributed by atoms with Crippen LogP contribution < -0.4 is 5.56 Å². The molecule has 0 fully saturated rings. The normalized spacial score (nSPS) is 10.3. The van der Waals surface area contributed by atoms with Gasteiger partial charge in [0.25, 0.3) is 5.56 Å². The summed E-state index contributed by atoms with van der Waals surface area (Å²) >= 11 is 0. The summed E-state index contributed by atoms with van der Waals surface area (Å²) in [5.41, 5.74) is 1.36. The zero-order valence-corrected chi connectivity index (χ0v) is 10.2. The third-order valence-corrected chi connectivity index (χ3v) is 2.63. The summed E-state index contributed by atoms with van der Waals surface area (Å²) in [5, 5.41) is 4.29. The molecular weight excluding hydrogens is 228 g/mol. The molecule has 0 spiro atoms. The van der Waals surface area contributed by atoms with Gasteiger partial charge in [0, 0.05) is 12.1 Å². The van der Waals surface area contributed by atoms with E-state index >= 15 is 0 Å². The number of nitrogens with zero attached hydrogens (tertiary/aromatic N) is 2. The molecule has 2 rings (SSSR count). The Morgan fingerprint density at radius 3 is 2.61 bits per heavy atom. The van der Waals surface area contributed by atoms with Crippen LogP contribution in [-0.4, -0.2) is 16.1 Å². The minimum absolute atomic E-state index is 0.150. The number of rotatable bonds is 4. The molecule has 0 amide bonds. The van der Waals surface area contributed by atoms with E-state index in [0.29, 0.717) is 18.5 Å². The maximum Gasteiger partial charge on any atom is 0.277 e. The highest BCUT2D eigenvalue weighted by molar-refractivity contribution is 5.76. The van der Waals surface area contributed by atoms with Gasteiger partial charge in [-0.25, -0.2) is 4.68 Å². The summed E-state index contributed by atoms with van der Waals surface area (Å²) in [7, 11) is 0. The number of aldehydes is 1. The van der Waals surface area contributed by atoms with Crippen LogP contribution in [0.15, 0.2) is 41.2 Å². The van der Waals surface area contributed by atoms with Crippen LogP contribution >= 0.6 is 0 Å². The molecule has 0 atom stereocenters. The Hall–Kier alpha value is -2.23. The van der Waals surface area contributed by atoms with Gasteiger partial charge < -0.3 is 0 Å². The summed E-state index contributed by atoms with van der Waals surface area (Å²) in [6.07, 6.45) is 1.38. The number of benzene rings is 1. The molecule has 0 saturated carbocycles. The zero-order chi connectivity index (χ0) is 13.0. The minimum Gasteiger partial charge on any atom is -0.298 e. The first kappa shape index (κ1) is 12.2. The van der Waals surface area contributed by atoms with E-state index in [9.17, 15) is 9.59 Å². The van der Waals surface area contributed by atoms with Gasteiger partial charge in [-0.1, -0.05) is 37.3 Å². The molecule has 4 nitrogen and oxygen atoms in total. The Morgan fingerprint density at radius 1 is 1.28 bits per heavy atom. The lowest BCUT2D eigenvalue weighted by Gasteiger charge is -2.07. The second-order valence-corrected chi connectivity index (χ2v) is 4.00. The molecule has 0 N–H and O–H groups in total. The van der Waals surface area contributed by atoms with Crippen LogP contribution in [0.3, 0.4) is 0 Å². The van der Waals surface area contributed by atoms with Crippen LogP contribution in [0.5, 0.6) is 0 Å². The molecular formula is C14H14N2O2. The van der Waals surface area contributed by atoms with Gasteiger partial charge in [-0.05, 0) is 12.5 Å². The van der Waals surface area contributed by atoms with E-state index in [2.05, 4.69) is 5.10 Å². The molecule has 1 heterocycles. The van der Waals surface area contributed by atoms with E-state index in [1.165, 1.54) is 10.7 Å². The van der Waals surface area contributed by atoms with E-state index in [1.54, 1.807) is 0 Å². The average Bonchev–Trinajstić information content (AvgIpc) is 2.42. The van der Waals surface area contributed by atoms with Crippen LogP contribution in [0, 0.1) is 0 Å². The number of carbonyl (C=O) groups is 1. The van der Waals surface area contributed by atoms with Crippen LogP contribution in [-0.2, 0) is 6.54 Å². The molecule has 92 valence electrons. The molecule has 18 heavy (non-hydrogen) atoms. The first-order chi connectivity index (χ1) is 8.76. The van der Waals surface area contributed by atoms with Crippen molar-refractivity contribution in [1.29, 1.82) is 0 Å². The summed E-state index contributed by atoms with van der Waals surface area (Å²) in [6.45, 7) is 2.48. The molecule has 4 heteroatoms. The lowest BCUT2D eigenvalue weighted by molar-refractivity contribution is 0.112. The van der Waals surface area contributed by atoms with Crippen molar-refractivity contribution in [3.8, 4) is 11.3 Å². The minimum atomic E-state index is -0.327. The van der Waals surface area contributed by atoms with Gasteiger partial charge in [-0.3, -0.25) is 9.59 Å². The highest BCUT2D eigenvalue weighted by Crippen LogP contribution is 2.15. The van der Waals surface area contributed by atoms with Gasteiger partial charge in [0.1, 0.15) is 0 Å². The lowest BCUT2D eigenvalue weighted by Crippen LogP contribution is -2.26. The summed E-state index contributed by atoms with van der Waals surface area (Å²) in [6, 6.07) is 11.0. The lowest BCUT2D eigenvalue weighted by atomic mass is 10.1. The Bertz CT molecular complexity index is 603. The van der Waals surface area contributed by atoms with Gasteiger partial charge in [0.15, 0.2) is 6.29 Å². The molecule has 0 aliphatic rings. The highest BCUT2D eigenvalue weighted by atomic mass is 16.1. The van der Waals surface area contributed by atoms with Crippen LogP contribution in [0.2, 0.25) is 0 Å². The highest BCUT2D eigenvalue weighted by Gasteiger charge is 2.08. The van der Waals surface area contributed by atoms with Crippen LogP contribution in [0.25, 0.3) is 11.3 Å². The zero-order valence-electron chi connectivity index (χ0n) is 10.2. The Labute approximate surface area is 105 Å². The monoisotopic (exact) mass is 242 g/mol. The molecule has 2 aromatic rings. The number of hydrogen-bond donors (Lipinski definition) is 0. The van der Waals surface area contributed by atoms with Gasteiger partial charge in [-0.15, -0.1) is 0 Å². The maximum absolute atomic E-state index is 11.8. The van der Waals surface area contributed by atoms with Gasteiger partial charge in [0.2, 0.25) is 0 Å². The average molecular weight is 242 g/mol. The molecule has 0 radical (unpaired) electrons. The third kappa shape index (κ3) is 2.37. The second kappa shape index (κ2) is 5.40. The molecule has 0 aliphatic heterocycles. The number of aryl methyl sites for hydroxylation is 1. The second-order valence-electron chi connectivity index (χ2n) is 4.00. The first-order valence-electron chi connectivity index (χ1n) is 5.89. The molecule has 0 saturated heterocycles. The van der Waals surface area contributed by atoms with E-state index in [4.69, 9.17) is 0 Å². The van der Waals surface area contributed by atoms with Crippen LogP contribution in [0.4, 0.5) is 0 Å². The van der Waals surface area contributed by atoms with E-state index in [0.717, 1.165) is 12.0 Å². The Morgan fingerprint density at radius 2 is 2.00 bits per heavy atom. The quantitative estimate of drug-likeness (QED) is 0.772. The molecule has 1 aromatic carbocycles. The van der Waals surface area contributed by atoms with E-state index in [-0.39, 0.29) is 11.1 Å². The van der Waals surface area contributed by atoms with Crippen molar-refractivity contribution in [1.82, 2.24) is 9.78 Å². The largest absolute Gasteiger partial charge is 0.298 e. The topological polar surface area (TPSA) is 52.0 Å². The first-order valence-corrected chi connectivity index (χ1v) is 5.89. The molecule has 0 aliphatic carbocycles. The fourth-order valence-electron chi connectivity index (χ4n) is 1.76. The van der Waals surface area contributed by atoms with Gasteiger partial charge in [-0.2, -0.15) is 5.10 Å². The Balaban J connectivity index is 2.59. The SMILES string of the molecule is CCCn1nc(-c2ccccc2)cc(C=O)c1=O. The molecule has 0 unspecified atom stereocenters. The summed E-state index contributed by atoms with van der Waals surface area (Å²) in [4.78, 5) is 22.8. The van der Waals surface area contributed by atoms with Crippen molar-refractivity contribution in [2.75, 3.05) is 0 Å². The van der Waals surface area contributed by atoms with Gasteiger partial charge >= 0.3 is 0 Å². The molecule has 1 aromatic heterocycles. The van der Waals surface area contributed by atoms with Crippen molar-refractivity contribution in [2.45, 2.75) is 19.9 Å². The van der Waals surface area contributed by atoms with Gasteiger partial charge in [0.05, 0.1) is 11.3 Å². The van der Waals surface area contributed by atoms with E-state index < -0.39 is 0 Å². The van der Waals surface area contributed by atoms with Crippen molar-refractivity contribution < 1.29 is 4.79 Å². The number of hydrogen-bond acceptors (Lipinski definition) is 3. The smallest absolute Gasteiger partial charge is 0.277 e. The van der Waals surface area contributed by atoms with Crippen molar-refractivity contribution >= 4 is 6.29 Å². The Kier molecular flexibility index (Phi) is 3.67. The number of aromatic nitrogens is 2. The fraction of sp³-hybridized carbons (Fsp3) is 0.214. The maximum atomic E-state index is 11.8. The predicted molar refractivity (Wildman–Crippen MR) is 69.6 cm³/mol. The van der Waals surface area contributed by atoms with Crippen molar-refractivity contribution in [3.05, 3.63) is 52.3 Å². The van der Waals surface area contributed by atoms with Crippen molar-refractivity contribution in [3.63, 3.8) is 0 Å².